The number of aromatic amines is 1. The number of H-pyrrole nitrogens is 1. The van der Waals surface area contributed by atoms with Crippen molar-refractivity contribution in [3.05, 3.63) is 22.5 Å². The van der Waals surface area contributed by atoms with Crippen molar-refractivity contribution in [3.8, 4) is 0 Å². The second kappa shape index (κ2) is 8.87. The minimum absolute atomic E-state index is 0.210. The van der Waals surface area contributed by atoms with Crippen LogP contribution in [-0.2, 0) is 24.3 Å². The fraction of sp³-hybridized carbons (Fsp3) is 0.611. The van der Waals surface area contributed by atoms with Crippen molar-refractivity contribution in [2.75, 3.05) is 32.6 Å². The summed E-state index contributed by atoms with van der Waals surface area (Å²) in [5.41, 5.74) is 1.48. The molecule has 0 atom stereocenters. The lowest BCUT2D eigenvalue weighted by atomic mass is 9.98. The number of Topliss-reactive ketones (excluding diaryl/α,β-unsaturated/α-hetero) is 1. The standard InChI is InChI=1S/C18H26N2O7S/c1-5-26-18(23)16-11(2)15(12(3)19-16)14(21)10-27-17(22)13-6-8-20(9-7-13)28(4,24)25/h13,19H,5-10H2,1-4H3. The molecule has 1 aromatic rings. The molecule has 1 aromatic heterocycles. The highest BCUT2D eigenvalue weighted by atomic mass is 32.2. The van der Waals surface area contributed by atoms with Crippen LogP contribution in [0.15, 0.2) is 0 Å². The van der Waals surface area contributed by atoms with Crippen molar-refractivity contribution in [1.29, 1.82) is 0 Å². The monoisotopic (exact) mass is 414 g/mol. The van der Waals surface area contributed by atoms with Gasteiger partial charge >= 0.3 is 11.9 Å². The highest BCUT2D eigenvalue weighted by Crippen LogP contribution is 2.22. The number of carbonyl (C=O) groups excluding carboxylic acids is 3. The van der Waals surface area contributed by atoms with E-state index in [0.29, 0.717) is 29.7 Å². The van der Waals surface area contributed by atoms with Crippen molar-refractivity contribution >= 4 is 27.7 Å². The molecule has 0 bridgehead atoms. The van der Waals surface area contributed by atoms with Gasteiger partial charge in [-0.2, -0.15) is 0 Å². The van der Waals surface area contributed by atoms with Crippen LogP contribution in [0.3, 0.4) is 0 Å². The van der Waals surface area contributed by atoms with Crippen LogP contribution in [0.5, 0.6) is 0 Å². The first-order valence-electron chi connectivity index (χ1n) is 9.07. The van der Waals surface area contributed by atoms with Crippen LogP contribution in [0.1, 0.15) is 51.9 Å². The van der Waals surface area contributed by atoms with Gasteiger partial charge in [-0.1, -0.05) is 0 Å². The molecule has 0 amide bonds. The summed E-state index contributed by atoms with van der Waals surface area (Å²) < 4.78 is 34.5. The molecule has 1 aliphatic heterocycles. The lowest BCUT2D eigenvalue weighted by Gasteiger charge is -2.28. The van der Waals surface area contributed by atoms with Crippen LogP contribution in [0.25, 0.3) is 0 Å². The zero-order chi connectivity index (χ0) is 21.1. The molecule has 1 saturated heterocycles. The van der Waals surface area contributed by atoms with Gasteiger partial charge in [0, 0.05) is 24.3 Å². The first-order chi connectivity index (χ1) is 13.1. The quantitative estimate of drug-likeness (QED) is 0.525. The molecule has 0 radical (unpaired) electrons. The van der Waals surface area contributed by atoms with Crippen molar-refractivity contribution < 1.29 is 32.3 Å². The molecule has 1 N–H and O–H groups in total. The Bertz CT molecular complexity index is 865. The minimum Gasteiger partial charge on any atom is -0.461 e. The molecule has 1 aliphatic rings. The van der Waals surface area contributed by atoms with Crippen molar-refractivity contribution in [2.45, 2.75) is 33.6 Å². The van der Waals surface area contributed by atoms with Crippen LogP contribution < -0.4 is 0 Å². The van der Waals surface area contributed by atoms with Gasteiger partial charge in [-0.25, -0.2) is 17.5 Å². The van der Waals surface area contributed by atoms with Gasteiger partial charge in [-0.3, -0.25) is 9.59 Å². The Balaban J connectivity index is 1.96. The van der Waals surface area contributed by atoms with E-state index in [4.69, 9.17) is 9.47 Å². The summed E-state index contributed by atoms with van der Waals surface area (Å²) in [6.07, 6.45) is 1.85. The topological polar surface area (TPSA) is 123 Å². The lowest BCUT2D eigenvalue weighted by molar-refractivity contribution is -0.148. The van der Waals surface area contributed by atoms with E-state index in [2.05, 4.69) is 4.98 Å². The summed E-state index contributed by atoms with van der Waals surface area (Å²) >= 11 is 0. The van der Waals surface area contributed by atoms with E-state index in [1.54, 1.807) is 20.8 Å². The van der Waals surface area contributed by atoms with Gasteiger partial charge in [0.25, 0.3) is 0 Å². The van der Waals surface area contributed by atoms with E-state index >= 15 is 0 Å². The first-order valence-corrected chi connectivity index (χ1v) is 10.9. The number of sulfonamides is 1. The molecule has 0 unspecified atom stereocenters. The van der Waals surface area contributed by atoms with E-state index in [1.165, 1.54) is 4.31 Å². The van der Waals surface area contributed by atoms with E-state index in [1.807, 2.05) is 0 Å². The summed E-state index contributed by atoms with van der Waals surface area (Å²) in [5, 5.41) is 0. The summed E-state index contributed by atoms with van der Waals surface area (Å²) in [5.74, 6) is -1.91. The average Bonchev–Trinajstić information content (AvgIpc) is 2.93. The third-order valence-electron chi connectivity index (χ3n) is 4.80. The van der Waals surface area contributed by atoms with Crippen molar-refractivity contribution in [1.82, 2.24) is 9.29 Å². The Kier molecular flexibility index (Phi) is 7.00. The van der Waals surface area contributed by atoms with Crippen LogP contribution in [0, 0.1) is 19.8 Å². The fourth-order valence-electron chi connectivity index (χ4n) is 3.33. The zero-order valence-electron chi connectivity index (χ0n) is 16.5. The Morgan fingerprint density at radius 1 is 1.14 bits per heavy atom. The van der Waals surface area contributed by atoms with Crippen LogP contribution in [0.4, 0.5) is 0 Å². The van der Waals surface area contributed by atoms with Crippen molar-refractivity contribution in [2.24, 2.45) is 5.92 Å². The van der Waals surface area contributed by atoms with E-state index in [0.717, 1.165) is 6.26 Å². The Morgan fingerprint density at radius 3 is 2.29 bits per heavy atom. The zero-order valence-corrected chi connectivity index (χ0v) is 17.3. The molecular formula is C18H26N2O7S. The lowest BCUT2D eigenvalue weighted by Crippen LogP contribution is -2.40. The number of nitrogens with one attached hydrogen (secondary N) is 1. The molecular weight excluding hydrogens is 388 g/mol. The number of hydrogen-bond donors (Lipinski definition) is 1. The van der Waals surface area contributed by atoms with Gasteiger partial charge < -0.3 is 14.5 Å². The molecule has 0 spiro atoms. The van der Waals surface area contributed by atoms with Gasteiger partial charge in [0.1, 0.15) is 5.69 Å². The van der Waals surface area contributed by atoms with Gasteiger partial charge in [0.15, 0.2) is 6.61 Å². The van der Waals surface area contributed by atoms with Crippen molar-refractivity contribution in [3.63, 3.8) is 0 Å². The third kappa shape index (κ3) is 4.99. The molecule has 2 rings (SSSR count). The van der Waals surface area contributed by atoms with Gasteiger partial charge in [-0.05, 0) is 39.2 Å². The molecule has 156 valence electrons. The highest BCUT2D eigenvalue weighted by Gasteiger charge is 2.30. The largest absolute Gasteiger partial charge is 0.461 e. The maximum absolute atomic E-state index is 12.5. The average molecular weight is 414 g/mol. The summed E-state index contributed by atoms with van der Waals surface area (Å²) in [7, 11) is -3.27. The summed E-state index contributed by atoms with van der Waals surface area (Å²) in [6, 6.07) is 0. The molecule has 0 aliphatic carbocycles. The SMILES string of the molecule is CCOC(=O)c1[nH]c(C)c(C(=O)COC(=O)C2CCN(S(C)(=O)=O)CC2)c1C. The number of carbonyl (C=O) groups is 3. The number of aromatic nitrogens is 1. The molecule has 10 heteroatoms. The molecule has 28 heavy (non-hydrogen) atoms. The molecule has 0 aromatic carbocycles. The normalized spacial score (nSPS) is 16.0. The number of ketones is 1. The number of piperidine rings is 1. The Hall–Kier alpha value is -2.20. The summed E-state index contributed by atoms with van der Waals surface area (Å²) in [6.45, 7) is 5.27. The number of ether oxygens (including phenoxy) is 2. The number of aryl methyl sites for hydroxylation is 1. The maximum atomic E-state index is 12.5. The van der Waals surface area contributed by atoms with E-state index in [9.17, 15) is 22.8 Å². The Labute approximate surface area is 164 Å². The molecule has 1 fully saturated rings. The highest BCUT2D eigenvalue weighted by molar-refractivity contribution is 7.88. The van der Waals surface area contributed by atoms with E-state index < -0.39 is 40.3 Å². The van der Waals surface area contributed by atoms with Crippen LogP contribution >= 0.6 is 0 Å². The van der Waals surface area contributed by atoms with Gasteiger partial charge in [0.05, 0.1) is 18.8 Å². The van der Waals surface area contributed by atoms with E-state index in [-0.39, 0.29) is 25.4 Å². The predicted molar refractivity (Wildman–Crippen MR) is 101 cm³/mol. The number of nitrogens with zero attached hydrogens (tertiary/aromatic N) is 1. The van der Waals surface area contributed by atoms with Gasteiger partial charge in [-0.15, -0.1) is 0 Å². The van der Waals surface area contributed by atoms with Crippen LogP contribution in [0.2, 0.25) is 0 Å². The number of rotatable bonds is 7. The molecule has 0 saturated carbocycles. The molecule has 9 nitrogen and oxygen atoms in total. The number of hydrogen-bond acceptors (Lipinski definition) is 7. The number of esters is 2. The maximum Gasteiger partial charge on any atom is 0.355 e. The first kappa shape index (κ1) is 22.1. The Morgan fingerprint density at radius 2 is 1.75 bits per heavy atom. The van der Waals surface area contributed by atoms with Gasteiger partial charge in [0.2, 0.25) is 15.8 Å². The van der Waals surface area contributed by atoms with Crippen LogP contribution in [-0.4, -0.2) is 68.0 Å². The summed E-state index contributed by atoms with van der Waals surface area (Å²) in [4.78, 5) is 39.5. The minimum atomic E-state index is -3.27. The second-order valence-corrected chi connectivity index (χ2v) is 8.80. The second-order valence-electron chi connectivity index (χ2n) is 6.81. The third-order valence-corrected chi connectivity index (χ3v) is 6.10. The fourth-order valence-corrected chi connectivity index (χ4v) is 4.20. The smallest absolute Gasteiger partial charge is 0.355 e. The molecule has 2 heterocycles. The predicted octanol–water partition coefficient (Wildman–Crippen LogP) is 1.21.